The second-order valence-corrected chi connectivity index (χ2v) is 6.45. The van der Waals surface area contributed by atoms with Crippen molar-refractivity contribution in [2.24, 2.45) is 5.41 Å². The Bertz CT molecular complexity index is 361. The summed E-state index contributed by atoms with van der Waals surface area (Å²) in [6.45, 7) is 2.81. The molecule has 2 atom stereocenters. The number of hydrogen-bond donors (Lipinski definition) is 2. The molecule has 104 valence electrons. The van der Waals surface area contributed by atoms with Crippen LogP contribution in [0.4, 0.5) is 4.79 Å². The fourth-order valence-electron chi connectivity index (χ4n) is 2.00. The van der Waals surface area contributed by atoms with Crippen LogP contribution in [-0.2, 0) is 15.6 Å². The first-order chi connectivity index (χ1) is 8.35. The zero-order valence-electron chi connectivity index (χ0n) is 10.8. The summed E-state index contributed by atoms with van der Waals surface area (Å²) >= 11 is 0. The van der Waals surface area contributed by atoms with Gasteiger partial charge < -0.3 is 15.3 Å². The minimum absolute atomic E-state index is 0.226. The van der Waals surface area contributed by atoms with E-state index in [1.807, 2.05) is 0 Å². The standard InChI is InChI=1S/C11H20N2O4S/c1-11(9(14)15)4-3-6-13(8-11)10(16)12-5-7-18(2)17/h3-8H2,1-2H3,(H,12,16)(H,14,15). The maximum Gasteiger partial charge on any atom is 0.317 e. The molecule has 1 heterocycles. The van der Waals surface area contributed by atoms with Crippen molar-refractivity contribution in [1.82, 2.24) is 10.2 Å². The van der Waals surface area contributed by atoms with E-state index in [4.69, 9.17) is 5.11 Å². The van der Waals surface area contributed by atoms with Gasteiger partial charge in [-0.3, -0.25) is 9.00 Å². The number of carbonyl (C=O) groups is 2. The molecule has 0 aromatic carbocycles. The summed E-state index contributed by atoms with van der Waals surface area (Å²) in [6, 6.07) is -0.271. The summed E-state index contributed by atoms with van der Waals surface area (Å²) in [5, 5.41) is 11.8. The molecular weight excluding hydrogens is 256 g/mol. The van der Waals surface area contributed by atoms with E-state index in [0.717, 1.165) is 0 Å². The van der Waals surface area contributed by atoms with Crippen LogP contribution in [0.25, 0.3) is 0 Å². The highest BCUT2D eigenvalue weighted by Gasteiger charge is 2.39. The van der Waals surface area contributed by atoms with Crippen molar-refractivity contribution < 1.29 is 18.9 Å². The number of carboxylic acids is 1. The van der Waals surface area contributed by atoms with Gasteiger partial charge in [0.2, 0.25) is 0 Å². The van der Waals surface area contributed by atoms with Crippen LogP contribution in [0.3, 0.4) is 0 Å². The Morgan fingerprint density at radius 2 is 2.17 bits per heavy atom. The Labute approximate surface area is 109 Å². The van der Waals surface area contributed by atoms with Gasteiger partial charge in [-0.05, 0) is 19.8 Å². The Balaban J connectivity index is 2.48. The molecule has 2 N–H and O–H groups in total. The number of carboxylic acid groups (broad SMARTS) is 1. The van der Waals surface area contributed by atoms with E-state index in [9.17, 15) is 13.8 Å². The number of piperidine rings is 1. The van der Waals surface area contributed by atoms with Gasteiger partial charge in [0.25, 0.3) is 0 Å². The Morgan fingerprint density at radius 1 is 1.50 bits per heavy atom. The first-order valence-corrected chi connectivity index (χ1v) is 7.64. The first kappa shape index (κ1) is 14.9. The van der Waals surface area contributed by atoms with Crippen molar-refractivity contribution in [3.8, 4) is 0 Å². The number of amides is 2. The fraction of sp³-hybridized carbons (Fsp3) is 0.818. The van der Waals surface area contributed by atoms with Crippen LogP contribution in [0.1, 0.15) is 19.8 Å². The zero-order chi connectivity index (χ0) is 13.8. The third kappa shape index (κ3) is 3.97. The van der Waals surface area contributed by atoms with Gasteiger partial charge in [-0.15, -0.1) is 0 Å². The predicted octanol–water partition coefficient (Wildman–Crippen LogP) is 0.261. The van der Waals surface area contributed by atoms with Gasteiger partial charge >= 0.3 is 12.0 Å². The van der Waals surface area contributed by atoms with Crippen LogP contribution in [0.5, 0.6) is 0 Å². The molecule has 1 rings (SSSR count). The van der Waals surface area contributed by atoms with Crippen molar-refractivity contribution in [2.45, 2.75) is 19.8 Å². The van der Waals surface area contributed by atoms with Crippen LogP contribution in [0.2, 0.25) is 0 Å². The van der Waals surface area contributed by atoms with Crippen LogP contribution >= 0.6 is 0 Å². The molecule has 1 fully saturated rings. The minimum atomic E-state index is -0.937. The predicted molar refractivity (Wildman–Crippen MR) is 68.9 cm³/mol. The number of aliphatic carboxylic acids is 1. The number of urea groups is 1. The van der Waals surface area contributed by atoms with E-state index < -0.39 is 22.2 Å². The number of nitrogens with zero attached hydrogens (tertiary/aromatic N) is 1. The molecule has 0 aromatic rings. The van der Waals surface area contributed by atoms with E-state index in [2.05, 4.69) is 5.32 Å². The van der Waals surface area contributed by atoms with Gasteiger partial charge in [-0.2, -0.15) is 0 Å². The lowest BCUT2D eigenvalue weighted by atomic mass is 9.82. The van der Waals surface area contributed by atoms with Gasteiger partial charge in [-0.25, -0.2) is 4.79 Å². The monoisotopic (exact) mass is 276 g/mol. The molecule has 0 saturated carbocycles. The number of carbonyl (C=O) groups excluding carboxylic acids is 1. The van der Waals surface area contributed by atoms with Crippen molar-refractivity contribution in [3.63, 3.8) is 0 Å². The van der Waals surface area contributed by atoms with Gasteiger partial charge in [0.05, 0.1) is 5.41 Å². The van der Waals surface area contributed by atoms with Crippen LogP contribution in [0, 0.1) is 5.41 Å². The van der Waals surface area contributed by atoms with Crippen molar-refractivity contribution in [3.05, 3.63) is 0 Å². The molecule has 7 heteroatoms. The van der Waals surface area contributed by atoms with Crippen molar-refractivity contribution in [2.75, 3.05) is 31.6 Å². The molecular formula is C11H20N2O4S. The number of nitrogens with one attached hydrogen (secondary N) is 1. The molecule has 2 unspecified atom stereocenters. The highest BCUT2D eigenvalue weighted by atomic mass is 32.2. The summed E-state index contributed by atoms with van der Waals surface area (Å²) in [7, 11) is -0.937. The fourth-order valence-corrected chi connectivity index (χ4v) is 2.39. The average Bonchev–Trinajstić information content (AvgIpc) is 2.28. The molecule has 2 amide bonds. The summed E-state index contributed by atoms with van der Waals surface area (Å²) in [6.07, 6.45) is 2.86. The summed E-state index contributed by atoms with van der Waals surface area (Å²) in [5.74, 6) is -0.454. The molecule has 0 aromatic heterocycles. The number of likely N-dealkylation sites (tertiary alicyclic amines) is 1. The molecule has 1 aliphatic heterocycles. The maximum atomic E-state index is 11.8. The summed E-state index contributed by atoms with van der Waals surface area (Å²) in [5.41, 5.74) is -0.858. The summed E-state index contributed by atoms with van der Waals surface area (Å²) < 4.78 is 10.9. The van der Waals surface area contributed by atoms with Crippen molar-refractivity contribution >= 4 is 22.8 Å². The number of hydrogen-bond acceptors (Lipinski definition) is 3. The lowest BCUT2D eigenvalue weighted by Crippen LogP contribution is -2.51. The van der Waals surface area contributed by atoms with E-state index in [0.29, 0.717) is 31.7 Å². The van der Waals surface area contributed by atoms with Crippen molar-refractivity contribution in [1.29, 1.82) is 0 Å². The van der Waals surface area contributed by atoms with Crippen LogP contribution in [-0.4, -0.2) is 57.9 Å². The number of rotatable bonds is 4. The van der Waals surface area contributed by atoms with Gasteiger partial charge in [-0.1, -0.05) is 0 Å². The highest BCUT2D eigenvalue weighted by Crippen LogP contribution is 2.29. The summed E-state index contributed by atoms with van der Waals surface area (Å²) in [4.78, 5) is 24.5. The van der Waals surface area contributed by atoms with Gasteiger partial charge in [0, 0.05) is 42.4 Å². The highest BCUT2D eigenvalue weighted by molar-refractivity contribution is 7.84. The van der Waals surface area contributed by atoms with E-state index in [-0.39, 0.29) is 12.6 Å². The molecule has 1 aliphatic rings. The quantitative estimate of drug-likeness (QED) is 0.771. The molecule has 1 saturated heterocycles. The SMILES string of the molecule is CS(=O)CCNC(=O)N1CCCC(C)(C(=O)O)C1. The molecule has 0 radical (unpaired) electrons. The topological polar surface area (TPSA) is 86.7 Å². The smallest absolute Gasteiger partial charge is 0.317 e. The third-order valence-electron chi connectivity index (χ3n) is 3.17. The normalized spacial score (nSPS) is 25.6. The van der Waals surface area contributed by atoms with E-state index in [1.54, 1.807) is 13.2 Å². The van der Waals surface area contributed by atoms with E-state index in [1.165, 1.54) is 4.90 Å². The Hall–Kier alpha value is -1.11. The second kappa shape index (κ2) is 6.17. The zero-order valence-corrected chi connectivity index (χ0v) is 11.6. The molecule has 18 heavy (non-hydrogen) atoms. The second-order valence-electron chi connectivity index (χ2n) is 4.90. The van der Waals surface area contributed by atoms with Gasteiger partial charge in [0.15, 0.2) is 0 Å². The Morgan fingerprint density at radius 3 is 2.72 bits per heavy atom. The largest absolute Gasteiger partial charge is 0.481 e. The molecule has 0 aliphatic carbocycles. The van der Waals surface area contributed by atoms with Crippen LogP contribution in [0.15, 0.2) is 0 Å². The molecule has 0 bridgehead atoms. The van der Waals surface area contributed by atoms with Crippen LogP contribution < -0.4 is 5.32 Å². The average molecular weight is 276 g/mol. The third-order valence-corrected chi connectivity index (χ3v) is 3.94. The lowest BCUT2D eigenvalue weighted by Gasteiger charge is -2.37. The lowest BCUT2D eigenvalue weighted by molar-refractivity contribution is -0.150. The van der Waals surface area contributed by atoms with Gasteiger partial charge in [0.1, 0.15) is 0 Å². The maximum absolute atomic E-state index is 11.8. The molecule has 0 spiro atoms. The Kier molecular flexibility index (Phi) is 5.13. The minimum Gasteiger partial charge on any atom is -0.481 e. The van der Waals surface area contributed by atoms with E-state index >= 15 is 0 Å². The first-order valence-electron chi connectivity index (χ1n) is 5.91. The molecule has 6 nitrogen and oxygen atoms in total.